The Morgan fingerprint density at radius 2 is 1.75 bits per heavy atom. The van der Waals surface area contributed by atoms with Crippen LogP contribution in [0.2, 0.25) is 0 Å². The first kappa shape index (κ1) is 26.9. The van der Waals surface area contributed by atoms with E-state index in [1.165, 1.54) is 0 Å². The number of likely N-dealkylation sites (N-methyl/N-ethyl adjacent to an activating group) is 1. The van der Waals surface area contributed by atoms with Gasteiger partial charge in [-0.15, -0.1) is 24.8 Å². The van der Waals surface area contributed by atoms with Crippen LogP contribution in [0.1, 0.15) is 25.3 Å². The molecule has 1 aromatic carbocycles. The molecule has 1 saturated heterocycles. The van der Waals surface area contributed by atoms with Gasteiger partial charge in [-0.05, 0) is 37.6 Å². The molecule has 1 saturated carbocycles. The number of nitrogens with zero attached hydrogens (tertiary/aromatic N) is 2. The fourth-order valence-corrected chi connectivity index (χ4v) is 4.87. The van der Waals surface area contributed by atoms with Crippen molar-refractivity contribution in [2.24, 2.45) is 11.8 Å². The summed E-state index contributed by atoms with van der Waals surface area (Å²) in [5.74, 6) is 1.09. The lowest BCUT2D eigenvalue weighted by Gasteiger charge is -2.42. The highest BCUT2D eigenvalue weighted by Gasteiger charge is 2.45. The number of piperazine rings is 1. The van der Waals surface area contributed by atoms with Crippen LogP contribution in [-0.2, 0) is 14.3 Å². The van der Waals surface area contributed by atoms with E-state index in [9.17, 15) is 4.79 Å². The van der Waals surface area contributed by atoms with Crippen LogP contribution in [-0.4, -0.2) is 81.3 Å². The second-order valence-electron chi connectivity index (χ2n) is 8.82. The molecule has 2 heterocycles. The molecule has 4 rings (SSSR count). The first-order valence-corrected chi connectivity index (χ1v) is 11.1. The Balaban J connectivity index is 0.00000181. The summed E-state index contributed by atoms with van der Waals surface area (Å²) in [4.78, 5) is 18.0. The lowest BCUT2D eigenvalue weighted by Crippen LogP contribution is -2.48. The van der Waals surface area contributed by atoms with Gasteiger partial charge in [-0.2, -0.15) is 0 Å². The molecule has 0 aromatic heterocycles. The predicted molar refractivity (Wildman–Crippen MR) is 131 cm³/mol. The minimum Gasteiger partial charge on any atom is -0.497 e. The topological polar surface area (TPSA) is 51.2 Å². The summed E-state index contributed by atoms with van der Waals surface area (Å²) >= 11 is 0. The summed E-state index contributed by atoms with van der Waals surface area (Å²) in [5.41, 5.74) is 1.55. The van der Waals surface area contributed by atoms with Crippen molar-refractivity contribution in [3.63, 3.8) is 0 Å². The molecule has 1 aromatic rings. The molecule has 6 nitrogen and oxygen atoms in total. The van der Waals surface area contributed by atoms with Crippen molar-refractivity contribution in [1.82, 2.24) is 9.80 Å². The average molecular weight is 487 g/mol. The SMILES string of the molecule is COc1ccc(C2=COC3C(CCC(OCCN4CCN(C)CC4)C3C)C2=O)cc1.Cl.Cl. The van der Waals surface area contributed by atoms with E-state index in [1.807, 2.05) is 24.3 Å². The smallest absolute Gasteiger partial charge is 0.173 e. The molecule has 0 amide bonds. The average Bonchev–Trinajstić information content (AvgIpc) is 2.77. The Hall–Kier alpha value is -1.31. The van der Waals surface area contributed by atoms with E-state index in [0.29, 0.717) is 5.57 Å². The third-order valence-corrected chi connectivity index (χ3v) is 6.95. The van der Waals surface area contributed by atoms with Gasteiger partial charge in [0.2, 0.25) is 0 Å². The van der Waals surface area contributed by atoms with Crippen molar-refractivity contribution in [2.45, 2.75) is 32.0 Å². The molecule has 1 aliphatic carbocycles. The number of carbonyl (C=O) groups excluding carboxylic acids is 1. The zero-order valence-corrected chi connectivity index (χ0v) is 20.8. The highest BCUT2D eigenvalue weighted by atomic mass is 35.5. The second kappa shape index (κ2) is 12.2. The van der Waals surface area contributed by atoms with E-state index in [-0.39, 0.29) is 54.6 Å². The van der Waals surface area contributed by atoms with Crippen LogP contribution in [0.15, 0.2) is 30.5 Å². The minimum absolute atomic E-state index is 0. The molecule has 180 valence electrons. The van der Waals surface area contributed by atoms with Gasteiger partial charge in [0.25, 0.3) is 0 Å². The number of fused-ring (bicyclic) bond motifs is 1. The number of carbonyl (C=O) groups is 1. The molecular weight excluding hydrogens is 451 g/mol. The number of benzene rings is 1. The molecule has 8 heteroatoms. The van der Waals surface area contributed by atoms with Gasteiger partial charge < -0.3 is 19.1 Å². The molecular formula is C24H36Cl2N2O4. The highest BCUT2D eigenvalue weighted by Crippen LogP contribution is 2.40. The van der Waals surface area contributed by atoms with Crippen LogP contribution in [0.4, 0.5) is 0 Å². The standard InChI is InChI=1S/C24H34N2O4.2ClH/c1-17-22(29-15-14-26-12-10-25(2)11-13-26)9-8-20-23(27)21(16-30-24(17)20)18-4-6-19(28-3)7-5-18;;/h4-7,16-17,20,22,24H,8-15H2,1-3H3;2*1H. The van der Waals surface area contributed by atoms with E-state index in [4.69, 9.17) is 14.2 Å². The number of Topliss-reactive ketones (excluding diaryl/α,β-unsaturated/α-hetero) is 1. The second-order valence-corrected chi connectivity index (χ2v) is 8.82. The van der Waals surface area contributed by atoms with E-state index >= 15 is 0 Å². The lowest BCUT2D eigenvalue weighted by molar-refractivity contribution is -0.135. The van der Waals surface area contributed by atoms with Gasteiger partial charge >= 0.3 is 0 Å². The Kier molecular flexibility index (Phi) is 10.3. The van der Waals surface area contributed by atoms with Gasteiger partial charge in [0.05, 0.1) is 37.6 Å². The molecule has 0 bridgehead atoms. The summed E-state index contributed by atoms with van der Waals surface area (Å²) in [7, 11) is 3.81. The predicted octanol–water partition coefficient (Wildman–Crippen LogP) is 3.53. The van der Waals surface area contributed by atoms with Crippen molar-refractivity contribution >= 4 is 36.2 Å². The maximum Gasteiger partial charge on any atom is 0.173 e. The number of halogens is 2. The fraction of sp³-hybridized carbons (Fsp3) is 0.625. The van der Waals surface area contributed by atoms with Gasteiger partial charge in [0.15, 0.2) is 5.78 Å². The largest absolute Gasteiger partial charge is 0.497 e. The van der Waals surface area contributed by atoms with Crippen LogP contribution in [0.25, 0.3) is 5.57 Å². The minimum atomic E-state index is -0.0955. The van der Waals surface area contributed by atoms with Gasteiger partial charge in [0.1, 0.15) is 11.9 Å². The van der Waals surface area contributed by atoms with E-state index in [1.54, 1.807) is 13.4 Å². The van der Waals surface area contributed by atoms with E-state index in [0.717, 1.165) is 63.5 Å². The quantitative estimate of drug-likeness (QED) is 0.612. The zero-order valence-electron chi connectivity index (χ0n) is 19.2. The molecule has 32 heavy (non-hydrogen) atoms. The third kappa shape index (κ3) is 5.97. The fourth-order valence-electron chi connectivity index (χ4n) is 4.87. The number of allylic oxidation sites excluding steroid dienone is 1. The van der Waals surface area contributed by atoms with Gasteiger partial charge in [0, 0.05) is 38.6 Å². The number of ether oxygens (including phenoxy) is 3. The van der Waals surface area contributed by atoms with Crippen molar-refractivity contribution in [3.8, 4) is 5.75 Å². The first-order chi connectivity index (χ1) is 14.6. The van der Waals surface area contributed by atoms with Crippen LogP contribution in [0.5, 0.6) is 5.75 Å². The maximum absolute atomic E-state index is 13.2. The molecule has 0 spiro atoms. The monoisotopic (exact) mass is 486 g/mol. The molecule has 0 radical (unpaired) electrons. The first-order valence-electron chi connectivity index (χ1n) is 11.1. The Morgan fingerprint density at radius 1 is 1.06 bits per heavy atom. The molecule has 4 atom stereocenters. The zero-order chi connectivity index (χ0) is 21.1. The summed E-state index contributed by atoms with van der Waals surface area (Å²) in [6.45, 7) is 8.37. The number of ketones is 1. The summed E-state index contributed by atoms with van der Waals surface area (Å²) in [6, 6.07) is 7.60. The summed E-state index contributed by atoms with van der Waals surface area (Å²) < 4.78 is 17.6. The van der Waals surface area contributed by atoms with E-state index < -0.39 is 0 Å². The van der Waals surface area contributed by atoms with Gasteiger partial charge in [-0.3, -0.25) is 9.69 Å². The molecule has 0 N–H and O–H groups in total. The third-order valence-electron chi connectivity index (χ3n) is 6.95. The molecule has 2 aliphatic heterocycles. The highest BCUT2D eigenvalue weighted by molar-refractivity contribution is 6.22. The number of hydrogen-bond acceptors (Lipinski definition) is 6. The summed E-state index contributed by atoms with van der Waals surface area (Å²) in [5, 5.41) is 0. The molecule has 2 fully saturated rings. The summed E-state index contributed by atoms with van der Waals surface area (Å²) in [6.07, 6.45) is 3.45. The van der Waals surface area contributed by atoms with E-state index in [2.05, 4.69) is 23.8 Å². The molecule has 3 aliphatic rings. The molecule has 4 unspecified atom stereocenters. The van der Waals surface area contributed by atoms with Crippen molar-refractivity contribution in [3.05, 3.63) is 36.1 Å². The van der Waals surface area contributed by atoms with Crippen molar-refractivity contribution in [1.29, 1.82) is 0 Å². The Bertz CT molecular complexity index is 766. The number of hydrogen-bond donors (Lipinski definition) is 0. The number of rotatable bonds is 6. The van der Waals surface area contributed by atoms with Gasteiger partial charge in [-0.25, -0.2) is 0 Å². The van der Waals surface area contributed by atoms with Crippen LogP contribution in [0, 0.1) is 11.8 Å². The normalized spacial score (nSPS) is 28.5. The maximum atomic E-state index is 13.2. The Morgan fingerprint density at radius 3 is 2.41 bits per heavy atom. The number of methoxy groups -OCH3 is 1. The Labute approximate surface area is 204 Å². The lowest BCUT2D eigenvalue weighted by atomic mass is 9.73. The van der Waals surface area contributed by atoms with Gasteiger partial charge in [-0.1, -0.05) is 19.1 Å². The van der Waals surface area contributed by atoms with Crippen LogP contribution < -0.4 is 4.74 Å². The van der Waals surface area contributed by atoms with Crippen molar-refractivity contribution < 1.29 is 19.0 Å². The van der Waals surface area contributed by atoms with Crippen LogP contribution in [0.3, 0.4) is 0 Å². The van der Waals surface area contributed by atoms with Crippen molar-refractivity contribution in [2.75, 3.05) is 53.5 Å². The van der Waals surface area contributed by atoms with Crippen LogP contribution >= 0.6 is 24.8 Å².